The first-order valence-corrected chi connectivity index (χ1v) is 7.68. The summed E-state index contributed by atoms with van der Waals surface area (Å²) in [4.78, 5) is 15.1. The molecule has 0 unspecified atom stereocenters. The van der Waals surface area contributed by atoms with E-state index in [1.807, 2.05) is 39.0 Å². The minimum absolute atomic E-state index is 0.588. The van der Waals surface area contributed by atoms with Gasteiger partial charge in [-0.1, -0.05) is 0 Å². The zero-order valence-electron chi connectivity index (χ0n) is 13.5. The molecule has 0 saturated heterocycles. The first-order valence-electron chi connectivity index (χ1n) is 7.68. The first kappa shape index (κ1) is 15.1. The van der Waals surface area contributed by atoms with Crippen LogP contribution < -0.4 is 9.47 Å². The minimum atomic E-state index is 0.588. The first-order chi connectivity index (χ1) is 11.2. The Hall–Kier alpha value is -2.76. The van der Waals surface area contributed by atoms with Crippen molar-refractivity contribution >= 4 is 0 Å². The van der Waals surface area contributed by atoms with Gasteiger partial charge in [0.25, 0.3) is 0 Å². The Labute approximate surface area is 134 Å². The lowest BCUT2D eigenvalue weighted by atomic mass is 10.1. The van der Waals surface area contributed by atoms with Crippen molar-refractivity contribution in [3.63, 3.8) is 0 Å². The monoisotopic (exact) mass is 312 g/mol. The smallest absolute Gasteiger partial charge is 0.161 e. The molecule has 120 valence electrons. The van der Waals surface area contributed by atoms with Crippen LogP contribution in [0.2, 0.25) is 0 Å². The Morgan fingerprint density at radius 3 is 2.52 bits per heavy atom. The van der Waals surface area contributed by atoms with E-state index in [1.165, 1.54) is 0 Å². The number of aromatic nitrogens is 4. The third-order valence-electron chi connectivity index (χ3n) is 3.48. The summed E-state index contributed by atoms with van der Waals surface area (Å²) >= 11 is 0. The van der Waals surface area contributed by atoms with Gasteiger partial charge in [0.05, 0.1) is 31.4 Å². The van der Waals surface area contributed by atoms with Crippen molar-refractivity contribution in [2.24, 2.45) is 0 Å². The molecule has 1 aromatic carbocycles. The van der Waals surface area contributed by atoms with E-state index in [1.54, 1.807) is 12.5 Å². The number of imidazole rings is 2. The molecule has 0 saturated carbocycles. The third-order valence-corrected chi connectivity index (χ3v) is 3.48. The zero-order valence-corrected chi connectivity index (χ0v) is 13.5. The van der Waals surface area contributed by atoms with Crippen LogP contribution in [0.1, 0.15) is 19.5 Å². The topological polar surface area (TPSA) is 75.8 Å². The Morgan fingerprint density at radius 2 is 1.83 bits per heavy atom. The fraction of sp³-hybridized carbons (Fsp3) is 0.294. The van der Waals surface area contributed by atoms with Crippen LogP contribution in [0.25, 0.3) is 22.8 Å². The lowest BCUT2D eigenvalue weighted by Crippen LogP contribution is -1.98. The summed E-state index contributed by atoms with van der Waals surface area (Å²) < 4.78 is 11.3. The Bertz CT molecular complexity index is 791. The van der Waals surface area contributed by atoms with Gasteiger partial charge in [-0.15, -0.1) is 0 Å². The molecule has 2 N–H and O–H groups in total. The molecule has 0 spiro atoms. The number of benzene rings is 1. The van der Waals surface area contributed by atoms with Crippen molar-refractivity contribution in [3.05, 3.63) is 36.4 Å². The molecule has 0 atom stereocenters. The van der Waals surface area contributed by atoms with E-state index in [0.29, 0.717) is 13.2 Å². The summed E-state index contributed by atoms with van der Waals surface area (Å²) in [6.45, 7) is 7.07. The van der Waals surface area contributed by atoms with Gasteiger partial charge in [-0.3, -0.25) is 0 Å². The molecule has 0 aliphatic heterocycles. The number of ether oxygens (including phenoxy) is 2. The van der Waals surface area contributed by atoms with Crippen LogP contribution in [0.3, 0.4) is 0 Å². The molecule has 3 rings (SSSR count). The van der Waals surface area contributed by atoms with Crippen LogP contribution >= 0.6 is 0 Å². The van der Waals surface area contributed by atoms with Crippen molar-refractivity contribution < 1.29 is 9.47 Å². The van der Waals surface area contributed by atoms with Gasteiger partial charge in [-0.05, 0) is 39.0 Å². The summed E-state index contributed by atoms with van der Waals surface area (Å²) in [5, 5.41) is 0. The van der Waals surface area contributed by atoms with Crippen LogP contribution in [0.4, 0.5) is 0 Å². The average molecular weight is 312 g/mol. The average Bonchev–Trinajstić information content (AvgIpc) is 3.18. The van der Waals surface area contributed by atoms with E-state index in [9.17, 15) is 0 Å². The maximum absolute atomic E-state index is 5.67. The number of rotatable bonds is 6. The summed E-state index contributed by atoms with van der Waals surface area (Å²) in [5.41, 5.74) is 3.70. The second-order valence-electron chi connectivity index (χ2n) is 5.05. The molecule has 0 aliphatic carbocycles. The highest BCUT2D eigenvalue weighted by Crippen LogP contribution is 2.33. The van der Waals surface area contributed by atoms with E-state index in [0.717, 1.165) is 40.0 Å². The molecule has 6 heteroatoms. The number of hydrogen-bond donors (Lipinski definition) is 2. The normalized spacial score (nSPS) is 10.7. The van der Waals surface area contributed by atoms with Crippen molar-refractivity contribution in [1.29, 1.82) is 0 Å². The summed E-state index contributed by atoms with van der Waals surface area (Å²) in [5.74, 6) is 2.23. The molecule has 0 amide bonds. The lowest BCUT2D eigenvalue weighted by molar-refractivity contribution is 0.288. The van der Waals surface area contributed by atoms with Crippen molar-refractivity contribution in [2.75, 3.05) is 13.2 Å². The van der Waals surface area contributed by atoms with Gasteiger partial charge in [0, 0.05) is 11.3 Å². The van der Waals surface area contributed by atoms with Crippen molar-refractivity contribution in [3.8, 4) is 34.3 Å². The lowest BCUT2D eigenvalue weighted by Gasteiger charge is -2.11. The number of hydrogen-bond acceptors (Lipinski definition) is 4. The number of aryl methyl sites for hydroxylation is 1. The van der Waals surface area contributed by atoms with Crippen LogP contribution in [0.15, 0.2) is 30.7 Å². The Kier molecular flexibility index (Phi) is 4.32. The van der Waals surface area contributed by atoms with E-state index in [2.05, 4.69) is 19.9 Å². The second-order valence-corrected chi connectivity index (χ2v) is 5.05. The van der Waals surface area contributed by atoms with Gasteiger partial charge in [0.2, 0.25) is 0 Å². The van der Waals surface area contributed by atoms with Crippen molar-refractivity contribution in [2.45, 2.75) is 20.8 Å². The van der Waals surface area contributed by atoms with Gasteiger partial charge >= 0.3 is 0 Å². The van der Waals surface area contributed by atoms with E-state index >= 15 is 0 Å². The maximum atomic E-state index is 5.67. The molecule has 2 heterocycles. The molecular formula is C17H20N4O2. The highest BCUT2D eigenvalue weighted by Gasteiger charge is 2.12. The quantitative estimate of drug-likeness (QED) is 0.729. The molecular weight excluding hydrogens is 292 g/mol. The summed E-state index contributed by atoms with van der Waals surface area (Å²) in [6, 6.07) is 5.87. The fourth-order valence-electron chi connectivity index (χ4n) is 2.40. The molecule has 23 heavy (non-hydrogen) atoms. The van der Waals surface area contributed by atoms with Crippen LogP contribution in [-0.2, 0) is 0 Å². The fourth-order valence-corrected chi connectivity index (χ4v) is 2.40. The summed E-state index contributed by atoms with van der Waals surface area (Å²) in [7, 11) is 0. The predicted octanol–water partition coefficient (Wildman–Crippen LogP) is 3.57. The Balaban J connectivity index is 1.94. The van der Waals surface area contributed by atoms with Crippen molar-refractivity contribution in [1.82, 2.24) is 19.9 Å². The van der Waals surface area contributed by atoms with Gasteiger partial charge in [-0.2, -0.15) is 0 Å². The zero-order chi connectivity index (χ0) is 16.2. The predicted molar refractivity (Wildman–Crippen MR) is 88.7 cm³/mol. The van der Waals surface area contributed by atoms with E-state index in [-0.39, 0.29) is 0 Å². The molecule has 0 fully saturated rings. The molecule has 0 radical (unpaired) electrons. The highest BCUT2D eigenvalue weighted by atomic mass is 16.5. The number of nitrogens with one attached hydrogen (secondary N) is 2. The van der Waals surface area contributed by atoms with Gasteiger partial charge < -0.3 is 19.4 Å². The minimum Gasteiger partial charge on any atom is -0.490 e. The van der Waals surface area contributed by atoms with E-state index in [4.69, 9.17) is 9.47 Å². The molecule has 3 aromatic rings. The standard InChI is InChI=1S/C17H20N4O2/c1-4-22-14-7-6-12(8-15(14)23-5-2)13-9-18-17(21-13)16-11(3)19-10-20-16/h6-10H,4-5H2,1-3H3,(H,18,21)(H,19,20). The van der Waals surface area contributed by atoms with Crippen LogP contribution in [0, 0.1) is 6.92 Å². The number of nitrogens with zero attached hydrogens (tertiary/aromatic N) is 2. The molecule has 0 aliphatic rings. The third kappa shape index (κ3) is 3.06. The number of aromatic amines is 2. The maximum Gasteiger partial charge on any atom is 0.161 e. The largest absolute Gasteiger partial charge is 0.490 e. The van der Waals surface area contributed by atoms with E-state index < -0.39 is 0 Å². The second kappa shape index (κ2) is 6.56. The van der Waals surface area contributed by atoms with Crippen LogP contribution in [-0.4, -0.2) is 33.1 Å². The molecule has 6 nitrogen and oxygen atoms in total. The van der Waals surface area contributed by atoms with Gasteiger partial charge in [-0.25, -0.2) is 9.97 Å². The Morgan fingerprint density at radius 1 is 1.04 bits per heavy atom. The SMILES string of the molecule is CCOc1ccc(-c2cnc(-c3nc[nH]c3C)[nH]2)cc1OCC. The summed E-state index contributed by atoms with van der Waals surface area (Å²) in [6.07, 6.45) is 3.46. The van der Waals surface area contributed by atoms with Gasteiger partial charge in [0.15, 0.2) is 17.3 Å². The number of H-pyrrole nitrogens is 2. The highest BCUT2D eigenvalue weighted by molar-refractivity contribution is 5.66. The molecule has 0 bridgehead atoms. The van der Waals surface area contributed by atoms with Gasteiger partial charge in [0.1, 0.15) is 5.69 Å². The van der Waals surface area contributed by atoms with Crippen LogP contribution in [0.5, 0.6) is 11.5 Å². The molecule has 2 aromatic heterocycles.